The normalized spacial score (nSPS) is 12.1. The fourth-order valence-corrected chi connectivity index (χ4v) is 2.01. The minimum atomic E-state index is -0.820. The highest BCUT2D eigenvalue weighted by atomic mass is 32.2. The van der Waals surface area contributed by atoms with Gasteiger partial charge in [0.1, 0.15) is 0 Å². The fourth-order valence-electron chi connectivity index (χ4n) is 1.09. The van der Waals surface area contributed by atoms with Crippen LogP contribution in [0.5, 0.6) is 0 Å². The van der Waals surface area contributed by atoms with E-state index in [9.17, 15) is 4.79 Å². The van der Waals surface area contributed by atoms with Crippen molar-refractivity contribution in [3.8, 4) is 0 Å². The number of hydrogen-bond donors (Lipinski definition) is 1. The lowest BCUT2D eigenvalue weighted by molar-refractivity contribution is -0.132. The zero-order valence-corrected chi connectivity index (χ0v) is 10.6. The Morgan fingerprint density at radius 2 is 2.00 bits per heavy atom. The summed E-state index contributed by atoms with van der Waals surface area (Å²) in [6.07, 6.45) is 1.77. The molecule has 0 aromatic rings. The van der Waals surface area contributed by atoms with Gasteiger partial charge in [-0.2, -0.15) is 11.8 Å². The number of rotatable bonds is 8. The number of nitrogens with zero attached hydrogens (tertiary/aromatic N) is 1. The van der Waals surface area contributed by atoms with Crippen molar-refractivity contribution in [2.24, 2.45) is 0 Å². The van der Waals surface area contributed by atoms with Gasteiger partial charge >= 0.3 is 5.97 Å². The lowest BCUT2D eigenvalue weighted by atomic mass is 10.3. The molecule has 0 atom stereocenters. The number of carboxylic acids is 1. The molecule has 1 N–H and O–H groups in total. The molecule has 3 nitrogen and oxygen atoms in total. The Labute approximate surface area is 96.5 Å². The summed E-state index contributed by atoms with van der Waals surface area (Å²) in [6.45, 7) is 9.19. The van der Waals surface area contributed by atoms with E-state index in [2.05, 4.69) is 18.7 Å². The van der Waals surface area contributed by atoms with Crippen LogP contribution in [-0.4, -0.2) is 47.1 Å². The average molecular weight is 231 g/mol. The van der Waals surface area contributed by atoms with Gasteiger partial charge in [-0.3, -0.25) is 0 Å². The second-order valence-electron chi connectivity index (χ2n) is 3.29. The van der Waals surface area contributed by atoms with Gasteiger partial charge in [0.15, 0.2) is 0 Å². The SMILES string of the molecule is CCN(CC)CCSCC=C(C)C(=O)O. The van der Waals surface area contributed by atoms with Crippen LogP contribution < -0.4 is 0 Å². The van der Waals surface area contributed by atoms with Crippen LogP contribution in [0.4, 0.5) is 0 Å². The summed E-state index contributed by atoms with van der Waals surface area (Å²) in [5.41, 5.74) is 0.435. The van der Waals surface area contributed by atoms with Gasteiger partial charge in [-0.25, -0.2) is 4.79 Å². The highest BCUT2D eigenvalue weighted by Crippen LogP contribution is 2.04. The molecule has 15 heavy (non-hydrogen) atoms. The second-order valence-corrected chi connectivity index (χ2v) is 4.44. The molecule has 0 aliphatic heterocycles. The Morgan fingerprint density at radius 1 is 1.40 bits per heavy atom. The van der Waals surface area contributed by atoms with Crippen LogP contribution in [0.3, 0.4) is 0 Å². The topological polar surface area (TPSA) is 40.5 Å². The summed E-state index contributed by atoms with van der Waals surface area (Å²) in [5.74, 6) is 1.03. The van der Waals surface area contributed by atoms with Crippen molar-refractivity contribution in [2.75, 3.05) is 31.1 Å². The molecule has 0 amide bonds. The summed E-state index contributed by atoms with van der Waals surface area (Å²) in [6, 6.07) is 0. The molecular weight excluding hydrogens is 210 g/mol. The number of carbonyl (C=O) groups is 1. The zero-order chi connectivity index (χ0) is 11.7. The first-order valence-electron chi connectivity index (χ1n) is 5.31. The molecule has 0 heterocycles. The van der Waals surface area contributed by atoms with E-state index in [1.807, 2.05) is 0 Å². The predicted molar refractivity (Wildman–Crippen MR) is 66.5 cm³/mol. The van der Waals surface area contributed by atoms with Crippen LogP contribution in [0.1, 0.15) is 20.8 Å². The molecule has 0 radical (unpaired) electrons. The first-order valence-corrected chi connectivity index (χ1v) is 6.47. The molecule has 0 saturated heterocycles. The molecule has 0 fully saturated rings. The van der Waals surface area contributed by atoms with E-state index in [-0.39, 0.29) is 0 Å². The highest BCUT2D eigenvalue weighted by Gasteiger charge is 1.99. The number of carboxylic acid groups (broad SMARTS) is 1. The Hall–Kier alpha value is -0.480. The molecule has 0 aromatic carbocycles. The van der Waals surface area contributed by atoms with Crippen molar-refractivity contribution < 1.29 is 9.90 Å². The Bertz CT molecular complexity index is 213. The number of thioether (sulfide) groups is 1. The van der Waals surface area contributed by atoms with Crippen LogP contribution >= 0.6 is 11.8 Å². The van der Waals surface area contributed by atoms with Crippen LogP contribution in [0.25, 0.3) is 0 Å². The van der Waals surface area contributed by atoms with E-state index in [0.717, 1.165) is 31.1 Å². The molecule has 0 aliphatic carbocycles. The molecular formula is C11H21NO2S. The molecule has 0 spiro atoms. The van der Waals surface area contributed by atoms with E-state index in [1.54, 1.807) is 24.8 Å². The maximum absolute atomic E-state index is 10.5. The van der Waals surface area contributed by atoms with Gasteiger partial charge in [0.2, 0.25) is 0 Å². The Kier molecular flexibility index (Phi) is 8.52. The smallest absolute Gasteiger partial charge is 0.330 e. The minimum absolute atomic E-state index is 0.435. The van der Waals surface area contributed by atoms with Crippen molar-refractivity contribution >= 4 is 17.7 Å². The predicted octanol–water partition coefficient (Wildman–Crippen LogP) is 2.09. The fraction of sp³-hybridized carbons (Fsp3) is 0.727. The van der Waals surface area contributed by atoms with E-state index in [0.29, 0.717) is 5.57 Å². The van der Waals surface area contributed by atoms with Crippen LogP contribution in [-0.2, 0) is 4.79 Å². The van der Waals surface area contributed by atoms with E-state index in [1.165, 1.54) is 0 Å². The molecule has 0 aromatic heterocycles. The van der Waals surface area contributed by atoms with E-state index >= 15 is 0 Å². The van der Waals surface area contributed by atoms with Crippen LogP contribution in [0.15, 0.2) is 11.6 Å². The van der Waals surface area contributed by atoms with Crippen molar-refractivity contribution in [3.63, 3.8) is 0 Å². The Morgan fingerprint density at radius 3 is 2.47 bits per heavy atom. The lowest BCUT2D eigenvalue weighted by Crippen LogP contribution is -2.25. The average Bonchev–Trinajstić information content (AvgIpc) is 2.23. The molecule has 0 bridgehead atoms. The zero-order valence-electron chi connectivity index (χ0n) is 9.82. The van der Waals surface area contributed by atoms with Crippen LogP contribution in [0.2, 0.25) is 0 Å². The van der Waals surface area contributed by atoms with Gasteiger partial charge < -0.3 is 10.0 Å². The molecule has 4 heteroatoms. The van der Waals surface area contributed by atoms with Gasteiger partial charge in [-0.15, -0.1) is 0 Å². The monoisotopic (exact) mass is 231 g/mol. The minimum Gasteiger partial charge on any atom is -0.478 e. The summed E-state index contributed by atoms with van der Waals surface area (Å²) >= 11 is 1.78. The summed E-state index contributed by atoms with van der Waals surface area (Å²) in [7, 11) is 0. The van der Waals surface area contributed by atoms with Gasteiger partial charge in [0.25, 0.3) is 0 Å². The largest absolute Gasteiger partial charge is 0.478 e. The third-order valence-electron chi connectivity index (χ3n) is 2.29. The van der Waals surface area contributed by atoms with Crippen molar-refractivity contribution in [1.29, 1.82) is 0 Å². The van der Waals surface area contributed by atoms with Crippen molar-refractivity contribution in [1.82, 2.24) is 4.90 Å². The van der Waals surface area contributed by atoms with E-state index in [4.69, 9.17) is 5.11 Å². The summed E-state index contributed by atoms with van der Waals surface area (Å²) in [5, 5.41) is 8.62. The second kappa shape index (κ2) is 8.80. The standard InChI is InChI=1S/C11H21NO2S/c1-4-12(5-2)7-9-15-8-6-10(3)11(13)14/h6H,4-5,7-9H2,1-3H3,(H,13,14). The third-order valence-corrected chi connectivity index (χ3v) is 3.16. The highest BCUT2D eigenvalue weighted by molar-refractivity contribution is 7.99. The first kappa shape index (κ1) is 14.5. The number of aliphatic carboxylic acids is 1. The molecule has 0 rings (SSSR count). The quantitative estimate of drug-likeness (QED) is 0.513. The molecule has 0 unspecified atom stereocenters. The summed E-state index contributed by atoms with van der Waals surface area (Å²) in [4.78, 5) is 12.8. The maximum Gasteiger partial charge on any atom is 0.330 e. The lowest BCUT2D eigenvalue weighted by Gasteiger charge is -2.16. The number of hydrogen-bond acceptors (Lipinski definition) is 3. The van der Waals surface area contributed by atoms with Gasteiger partial charge in [0, 0.05) is 23.6 Å². The molecule has 88 valence electrons. The maximum atomic E-state index is 10.5. The van der Waals surface area contributed by atoms with E-state index < -0.39 is 5.97 Å². The first-order chi connectivity index (χ1) is 7.11. The van der Waals surface area contributed by atoms with Crippen molar-refractivity contribution in [3.05, 3.63) is 11.6 Å². The Balaban J connectivity index is 3.55. The van der Waals surface area contributed by atoms with Crippen LogP contribution in [0, 0.1) is 0 Å². The summed E-state index contributed by atoms with van der Waals surface area (Å²) < 4.78 is 0. The van der Waals surface area contributed by atoms with Crippen molar-refractivity contribution in [2.45, 2.75) is 20.8 Å². The third kappa shape index (κ3) is 7.45. The van der Waals surface area contributed by atoms with Gasteiger partial charge in [0.05, 0.1) is 0 Å². The molecule has 0 saturated carbocycles. The van der Waals surface area contributed by atoms with Gasteiger partial charge in [-0.05, 0) is 20.0 Å². The van der Waals surface area contributed by atoms with Gasteiger partial charge in [-0.1, -0.05) is 19.9 Å². The molecule has 0 aliphatic rings.